The summed E-state index contributed by atoms with van der Waals surface area (Å²) in [6.07, 6.45) is -2.95. The topological polar surface area (TPSA) is 106 Å². The summed E-state index contributed by atoms with van der Waals surface area (Å²) in [5.41, 5.74) is 4.91. The van der Waals surface area contributed by atoms with E-state index in [0.717, 1.165) is 6.20 Å². The van der Waals surface area contributed by atoms with Crippen LogP contribution in [-0.2, 0) is 12.7 Å². The lowest BCUT2D eigenvalue weighted by Gasteiger charge is -2.37. The van der Waals surface area contributed by atoms with E-state index < -0.39 is 30.4 Å². The van der Waals surface area contributed by atoms with Crippen molar-refractivity contribution in [2.45, 2.75) is 25.2 Å². The molecule has 4 heterocycles. The third-order valence-electron chi connectivity index (χ3n) is 5.72. The number of nitrogens with zero attached hydrogens (tertiary/aromatic N) is 6. The fraction of sp³-hybridized carbons (Fsp3) is 0.273. The average molecular weight is 541 g/mol. The maximum absolute atomic E-state index is 13.6. The number of carbonyl (C=O) groups is 1. The molecule has 0 unspecified atom stereocenters. The van der Waals surface area contributed by atoms with E-state index in [0.29, 0.717) is 29.0 Å². The number of anilines is 2. The number of alkyl halides is 5. The van der Waals surface area contributed by atoms with Crippen LogP contribution in [0.1, 0.15) is 16.1 Å². The highest BCUT2D eigenvalue weighted by Gasteiger charge is 2.38. The van der Waals surface area contributed by atoms with E-state index in [4.69, 9.17) is 17.3 Å². The second-order valence-corrected chi connectivity index (χ2v) is 8.81. The zero-order valence-corrected chi connectivity index (χ0v) is 19.5. The summed E-state index contributed by atoms with van der Waals surface area (Å²) in [7, 11) is 0. The minimum Gasteiger partial charge on any atom is -0.337 e. The molecular weight excluding hydrogens is 523 g/mol. The van der Waals surface area contributed by atoms with E-state index in [1.807, 2.05) is 0 Å². The molecule has 1 saturated heterocycles. The van der Waals surface area contributed by atoms with Crippen molar-refractivity contribution in [2.24, 2.45) is 5.73 Å². The molecule has 1 fully saturated rings. The fourth-order valence-electron chi connectivity index (χ4n) is 4.01. The van der Waals surface area contributed by atoms with Crippen molar-refractivity contribution in [3.05, 3.63) is 59.3 Å². The Kier molecular flexibility index (Phi) is 6.23. The van der Waals surface area contributed by atoms with Crippen LogP contribution < -0.4 is 11.1 Å². The zero-order valence-electron chi connectivity index (χ0n) is 18.8. The van der Waals surface area contributed by atoms with Gasteiger partial charge in [0.2, 0.25) is 0 Å². The molecule has 1 aliphatic heterocycles. The van der Waals surface area contributed by atoms with Gasteiger partial charge >= 0.3 is 6.18 Å². The second-order valence-electron chi connectivity index (χ2n) is 8.41. The van der Waals surface area contributed by atoms with Crippen LogP contribution in [-0.4, -0.2) is 60.5 Å². The highest BCUT2D eigenvalue weighted by atomic mass is 35.5. The van der Waals surface area contributed by atoms with E-state index in [1.54, 1.807) is 17.0 Å². The van der Waals surface area contributed by atoms with E-state index in [1.165, 1.54) is 29.1 Å². The van der Waals surface area contributed by atoms with Gasteiger partial charge in [0.15, 0.2) is 17.2 Å². The Morgan fingerprint density at radius 2 is 2.00 bits per heavy atom. The molecule has 0 atom stereocenters. The Morgan fingerprint density at radius 1 is 1.24 bits per heavy atom. The molecule has 1 aliphatic rings. The molecule has 3 N–H and O–H groups in total. The number of nitrogens with one attached hydrogen (secondary N) is 1. The number of benzene rings is 1. The first-order chi connectivity index (χ1) is 17.5. The van der Waals surface area contributed by atoms with Gasteiger partial charge in [-0.25, -0.2) is 18.7 Å². The maximum atomic E-state index is 13.6. The monoisotopic (exact) mass is 540 g/mol. The second kappa shape index (κ2) is 9.27. The number of hydrogen-bond donors (Lipinski definition) is 2. The van der Waals surface area contributed by atoms with Crippen molar-refractivity contribution in [2.75, 3.05) is 18.4 Å². The summed E-state index contributed by atoms with van der Waals surface area (Å²) < 4.78 is 68.3. The number of carbonyl (C=O) groups excluding carboxylic acids is 1. The number of nitrogens with two attached hydrogens (primary N) is 1. The van der Waals surface area contributed by atoms with Crippen LogP contribution in [0.2, 0.25) is 5.02 Å². The maximum Gasteiger partial charge on any atom is 0.435 e. The number of halogens is 6. The molecule has 0 radical (unpaired) electrons. The van der Waals surface area contributed by atoms with Crippen molar-refractivity contribution in [1.29, 1.82) is 0 Å². The highest BCUT2D eigenvalue weighted by Crippen LogP contribution is 2.37. The number of rotatable bonds is 6. The van der Waals surface area contributed by atoms with Crippen molar-refractivity contribution >= 4 is 34.7 Å². The van der Waals surface area contributed by atoms with Crippen LogP contribution >= 0.6 is 11.6 Å². The van der Waals surface area contributed by atoms with Crippen molar-refractivity contribution in [3.8, 4) is 11.3 Å². The van der Waals surface area contributed by atoms with Gasteiger partial charge < -0.3 is 16.0 Å². The van der Waals surface area contributed by atoms with Gasteiger partial charge in [-0.3, -0.25) is 13.9 Å². The summed E-state index contributed by atoms with van der Waals surface area (Å²) in [5.74, 6) is -0.0598. The summed E-state index contributed by atoms with van der Waals surface area (Å²) in [4.78, 5) is 22.5. The van der Waals surface area contributed by atoms with Gasteiger partial charge in [-0.15, -0.1) is 0 Å². The first-order valence-electron chi connectivity index (χ1n) is 10.9. The number of imidazole rings is 1. The predicted octanol–water partition coefficient (Wildman–Crippen LogP) is 4.06. The number of hydrogen-bond acceptors (Lipinski definition) is 6. The lowest BCUT2D eigenvalue weighted by atomic mass is 10.1. The molecule has 1 aromatic carbocycles. The number of aromatic nitrogens is 5. The Morgan fingerprint density at radius 3 is 2.65 bits per heavy atom. The molecule has 9 nitrogen and oxygen atoms in total. The van der Waals surface area contributed by atoms with Crippen LogP contribution in [0.5, 0.6) is 0 Å². The molecule has 37 heavy (non-hydrogen) atoms. The van der Waals surface area contributed by atoms with Gasteiger partial charge in [0.25, 0.3) is 12.3 Å². The van der Waals surface area contributed by atoms with Gasteiger partial charge in [0.05, 0.1) is 28.0 Å². The smallest absolute Gasteiger partial charge is 0.337 e. The largest absolute Gasteiger partial charge is 0.435 e. The lowest BCUT2D eigenvalue weighted by Crippen LogP contribution is -2.57. The Bertz CT molecular complexity index is 1480. The van der Waals surface area contributed by atoms with E-state index in [-0.39, 0.29) is 34.1 Å². The predicted molar refractivity (Wildman–Crippen MR) is 124 cm³/mol. The Balaban J connectivity index is 1.46. The number of amides is 1. The minimum absolute atomic E-state index is 0.0139. The molecule has 3 aromatic heterocycles. The third kappa shape index (κ3) is 4.81. The van der Waals surface area contributed by atoms with Crippen LogP contribution in [0, 0.1) is 0 Å². The first kappa shape index (κ1) is 24.9. The van der Waals surface area contributed by atoms with Gasteiger partial charge in [-0.2, -0.15) is 18.3 Å². The third-order valence-corrected chi connectivity index (χ3v) is 6.03. The fourth-order valence-corrected chi connectivity index (χ4v) is 4.27. The summed E-state index contributed by atoms with van der Waals surface area (Å²) in [5, 5.41) is 6.50. The molecule has 0 spiro atoms. The van der Waals surface area contributed by atoms with Crippen molar-refractivity contribution in [3.63, 3.8) is 0 Å². The highest BCUT2D eigenvalue weighted by molar-refractivity contribution is 6.34. The quantitative estimate of drug-likeness (QED) is 0.357. The summed E-state index contributed by atoms with van der Waals surface area (Å²) >= 11 is 6.32. The molecule has 0 bridgehead atoms. The molecule has 5 rings (SSSR count). The molecule has 15 heteroatoms. The summed E-state index contributed by atoms with van der Waals surface area (Å²) in [6, 6.07) is 4.60. The summed E-state index contributed by atoms with van der Waals surface area (Å²) in [6.45, 7) is -0.0984. The first-order valence-corrected chi connectivity index (χ1v) is 11.3. The van der Waals surface area contributed by atoms with E-state index in [9.17, 15) is 26.7 Å². The normalized spacial score (nSPS) is 14.4. The minimum atomic E-state index is -4.88. The van der Waals surface area contributed by atoms with Crippen LogP contribution in [0.3, 0.4) is 0 Å². The van der Waals surface area contributed by atoms with Gasteiger partial charge in [-0.05, 0) is 18.2 Å². The van der Waals surface area contributed by atoms with E-state index in [2.05, 4.69) is 20.4 Å². The molecule has 194 valence electrons. The molecule has 0 aliphatic carbocycles. The number of fused-ring (bicyclic) bond motifs is 1. The Labute approximate surface area is 210 Å². The molecule has 1 amide bonds. The van der Waals surface area contributed by atoms with Crippen molar-refractivity contribution in [1.82, 2.24) is 29.0 Å². The SMILES string of the molecule is NC1CN(C(=O)c2ccc(Nc3nccn4c(-c5cn(CC(F)F)nc5C(F)(F)F)cnc34)cc2Cl)C1. The van der Waals surface area contributed by atoms with Gasteiger partial charge in [0, 0.05) is 43.4 Å². The van der Waals surface area contributed by atoms with Crippen LogP contribution in [0.25, 0.3) is 16.9 Å². The van der Waals surface area contributed by atoms with Gasteiger partial charge in [-0.1, -0.05) is 11.6 Å². The average Bonchev–Trinajstić information content (AvgIpc) is 3.41. The zero-order chi connectivity index (χ0) is 26.5. The molecular formula is C22H18ClF5N8O. The lowest BCUT2D eigenvalue weighted by molar-refractivity contribution is -0.141. The van der Waals surface area contributed by atoms with Crippen LogP contribution in [0.4, 0.5) is 33.5 Å². The number of likely N-dealkylation sites (tertiary alicyclic amines) is 1. The standard InChI is InChI=1S/C22H18ClF5N8O/c23-15-5-12(1-2-13(15)21(37)34-7-11(29)8-34)32-19-20-31-6-16(36(20)4-3-30-19)14-9-35(10-17(24)25)33-18(14)22(26,27)28/h1-6,9,11,17H,7-8,10,29H2,(H,30,32). The van der Waals surface area contributed by atoms with Crippen molar-refractivity contribution < 1.29 is 26.7 Å². The van der Waals surface area contributed by atoms with Crippen LogP contribution in [0.15, 0.2) is 43.0 Å². The Hall–Kier alpha value is -3.78. The molecule has 0 saturated carbocycles. The molecule has 4 aromatic rings. The van der Waals surface area contributed by atoms with Gasteiger partial charge in [0.1, 0.15) is 6.54 Å². The van der Waals surface area contributed by atoms with E-state index >= 15 is 0 Å².